The minimum absolute atomic E-state index is 0.0984. The third-order valence-electron chi connectivity index (χ3n) is 5.63. The molecule has 3 aromatic heterocycles. The lowest BCUT2D eigenvalue weighted by molar-refractivity contribution is 0.121. The third-order valence-corrected chi connectivity index (χ3v) is 5.63. The third kappa shape index (κ3) is 4.13. The summed E-state index contributed by atoms with van der Waals surface area (Å²) in [5.74, 6) is 1.56. The fourth-order valence-corrected chi connectivity index (χ4v) is 4.00. The number of aromatic nitrogens is 6. The van der Waals surface area contributed by atoms with Crippen LogP contribution in [0, 0.1) is 6.92 Å². The fraction of sp³-hybridized carbons (Fsp3) is 0.550. The Balaban J connectivity index is 1.25. The first kappa shape index (κ1) is 19.0. The van der Waals surface area contributed by atoms with Crippen LogP contribution in [0.4, 0.5) is 11.8 Å². The average molecular weight is 410 g/mol. The van der Waals surface area contributed by atoms with Gasteiger partial charge in [0.25, 0.3) is 0 Å². The first-order chi connectivity index (χ1) is 14.7. The van der Waals surface area contributed by atoms with Crippen molar-refractivity contribution in [2.24, 2.45) is 0 Å². The second-order valence-corrected chi connectivity index (χ2v) is 7.78. The molecule has 0 aromatic carbocycles. The largest absolute Gasteiger partial charge is 0.460 e. The SMILES string of the molecule is Cc1ccnc(NC2CCC(Oc3nc(N4CCOCC4)cc4ncnn34)CC2)n1. The Labute approximate surface area is 174 Å². The van der Waals surface area contributed by atoms with Crippen molar-refractivity contribution < 1.29 is 9.47 Å². The average Bonchev–Trinajstić information content (AvgIpc) is 3.25. The zero-order chi connectivity index (χ0) is 20.3. The van der Waals surface area contributed by atoms with E-state index in [9.17, 15) is 0 Å². The molecule has 2 fully saturated rings. The monoisotopic (exact) mass is 410 g/mol. The van der Waals surface area contributed by atoms with E-state index in [4.69, 9.17) is 14.5 Å². The summed E-state index contributed by atoms with van der Waals surface area (Å²) in [6, 6.07) is 4.71. The maximum absolute atomic E-state index is 6.31. The predicted octanol–water partition coefficient (Wildman–Crippen LogP) is 1.86. The van der Waals surface area contributed by atoms with E-state index in [0.717, 1.165) is 55.9 Å². The van der Waals surface area contributed by atoms with Crippen LogP contribution in [-0.4, -0.2) is 68.0 Å². The van der Waals surface area contributed by atoms with E-state index in [-0.39, 0.29) is 6.10 Å². The van der Waals surface area contributed by atoms with Crippen molar-refractivity contribution in [1.29, 1.82) is 0 Å². The summed E-state index contributed by atoms with van der Waals surface area (Å²) in [7, 11) is 0. The highest BCUT2D eigenvalue weighted by Gasteiger charge is 2.25. The lowest BCUT2D eigenvalue weighted by Gasteiger charge is -2.30. The molecule has 10 heteroatoms. The Hall–Kier alpha value is -3.01. The summed E-state index contributed by atoms with van der Waals surface area (Å²) < 4.78 is 13.4. The molecular formula is C20H26N8O2. The van der Waals surface area contributed by atoms with Crippen LogP contribution in [0.2, 0.25) is 0 Å². The Morgan fingerprint density at radius 1 is 1.10 bits per heavy atom. The molecule has 5 rings (SSSR count). The van der Waals surface area contributed by atoms with E-state index in [1.165, 1.54) is 6.33 Å². The maximum Gasteiger partial charge on any atom is 0.321 e. The minimum Gasteiger partial charge on any atom is -0.460 e. The fourth-order valence-electron chi connectivity index (χ4n) is 4.00. The maximum atomic E-state index is 6.31. The molecule has 1 N–H and O–H groups in total. The van der Waals surface area contributed by atoms with Crippen molar-refractivity contribution in [3.63, 3.8) is 0 Å². The predicted molar refractivity (Wildman–Crippen MR) is 111 cm³/mol. The molecule has 30 heavy (non-hydrogen) atoms. The highest BCUT2D eigenvalue weighted by molar-refractivity contribution is 5.52. The van der Waals surface area contributed by atoms with Crippen molar-refractivity contribution >= 4 is 17.4 Å². The van der Waals surface area contributed by atoms with Crippen molar-refractivity contribution in [3.8, 4) is 6.01 Å². The molecule has 2 aliphatic rings. The molecule has 158 valence electrons. The Kier molecular flexibility index (Phi) is 5.31. The molecule has 1 aliphatic heterocycles. The highest BCUT2D eigenvalue weighted by Crippen LogP contribution is 2.26. The van der Waals surface area contributed by atoms with Gasteiger partial charge in [-0.25, -0.2) is 15.0 Å². The summed E-state index contributed by atoms with van der Waals surface area (Å²) in [4.78, 5) is 20.1. The van der Waals surface area contributed by atoms with Crippen LogP contribution in [0.15, 0.2) is 24.7 Å². The van der Waals surface area contributed by atoms with Gasteiger partial charge in [0.2, 0.25) is 5.95 Å². The number of hydrogen-bond donors (Lipinski definition) is 1. The van der Waals surface area contributed by atoms with Crippen molar-refractivity contribution in [1.82, 2.24) is 29.5 Å². The second-order valence-electron chi connectivity index (χ2n) is 7.78. The molecule has 0 spiro atoms. The zero-order valence-electron chi connectivity index (χ0n) is 17.1. The Bertz CT molecular complexity index is 995. The van der Waals surface area contributed by atoms with E-state index in [1.54, 1.807) is 10.7 Å². The van der Waals surface area contributed by atoms with Crippen molar-refractivity contribution in [2.45, 2.75) is 44.8 Å². The molecule has 0 radical (unpaired) electrons. The summed E-state index contributed by atoms with van der Waals surface area (Å²) in [6.07, 6.45) is 7.27. The van der Waals surface area contributed by atoms with Gasteiger partial charge in [0.05, 0.1) is 13.2 Å². The van der Waals surface area contributed by atoms with Gasteiger partial charge in [0, 0.05) is 37.1 Å². The molecule has 0 amide bonds. The van der Waals surface area contributed by atoms with Gasteiger partial charge < -0.3 is 19.7 Å². The van der Waals surface area contributed by atoms with Gasteiger partial charge in [-0.2, -0.15) is 14.6 Å². The van der Waals surface area contributed by atoms with Crippen molar-refractivity contribution in [3.05, 3.63) is 30.4 Å². The summed E-state index contributed by atoms with van der Waals surface area (Å²) in [5, 5.41) is 7.74. The lowest BCUT2D eigenvalue weighted by atomic mass is 9.93. The number of fused-ring (bicyclic) bond motifs is 1. The van der Waals surface area contributed by atoms with Gasteiger partial charge >= 0.3 is 6.01 Å². The summed E-state index contributed by atoms with van der Waals surface area (Å²) in [5.41, 5.74) is 1.71. The van der Waals surface area contributed by atoms with Crippen LogP contribution in [0.25, 0.3) is 5.65 Å². The zero-order valence-corrected chi connectivity index (χ0v) is 17.1. The molecule has 0 unspecified atom stereocenters. The number of hydrogen-bond acceptors (Lipinski definition) is 9. The Morgan fingerprint density at radius 2 is 1.93 bits per heavy atom. The number of nitrogens with zero attached hydrogens (tertiary/aromatic N) is 7. The highest BCUT2D eigenvalue weighted by atomic mass is 16.5. The van der Waals surface area contributed by atoms with E-state index in [0.29, 0.717) is 31.2 Å². The first-order valence-electron chi connectivity index (χ1n) is 10.5. The molecule has 1 saturated heterocycles. The number of morpholine rings is 1. The molecule has 0 bridgehead atoms. The van der Waals surface area contributed by atoms with E-state index in [2.05, 4.69) is 30.3 Å². The Morgan fingerprint density at radius 3 is 2.73 bits per heavy atom. The number of rotatable bonds is 5. The van der Waals surface area contributed by atoms with Gasteiger partial charge in [-0.05, 0) is 38.7 Å². The number of aryl methyl sites for hydroxylation is 1. The van der Waals surface area contributed by atoms with E-state index < -0.39 is 0 Å². The van der Waals surface area contributed by atoms with Gasteiger partial charge in [-0.15, -0.1) is 0 Å². The van der Waals surface area contributed by atoms with Crippen LogP contribution in [0.3, 0.4) is 0 Å². The van der Waals surface area contributed by atoms with Crippen LogP contribution in [-0.2, 0) is 4.74 Å². The first-order valence-corrected chi connectivity index (χ1v) is 10.5. The van der Waals surface area contributed by atoms with Crippen LogP contribution >= 0.6 is 0 Å². The van der Waals surface area contributed by atoms with Gasteiger partial charge in [0.15, 0.2) is 5.65 Å². The molecule has 10 nitrogen and oxygen atoms in total. The van der Waals surface area contributed by atoms with E-state index in [1.807, 2.05) is 19.1 Å². The lowest BCUT2D eigenvalue weighted by Crippen LogP contribution is -2.37. The van der Waals surface area contributed by atoms with Crippen LogP contribution < -0.4 is 15.0 Å². The molecule has 3 aromatic rings. The molecule has 0 atom stereocenters. The smallest absolute Gasteiger partial charge is 0.321 e. The van der Waals surface area contributed by atoms with E-state index >= 15 is 0 Å². The van der Waals surface area contributed by atoms with Gasteiger partial charge in [0.1, 0.15) is 18.2 Å². The van der Waals surface area contributed by atoms with Gasteiger partial charge in [-0.3, -0.25) is 0 Å². The van der Waals surface area contributed by atoms with Crippen LogP contribution in [0.1, 0.15) is 31.4 Å². The molecule has 4 heterocycles. The number of ether oxygens (including phenoxy) is 2. The second kappa shape index (κ2) is 8.39. The van der Waals surface area contributed by atoms with Crippen LogP contribution in [0.5, 0.6) is 6.01 Å². The van der Waals surface area contributed by atoms with Gasteiger partial charge in [-0.1, -0.05) is 0 Å². The normalized spacial score (nSPS) is 22.2. The number of nitrogens with one attached hydrogen (secondary N) is 1. The quantitative estimate of drug-likeness (QED) is 0.675. The minimum atomic E-state index is 0.0984. The topological polar surface area (TPSA) is 103 Å². The number of anilines is 2. The van der Waals surface area contributed by atoms with Crippen molar-refractivity contribution in [2.75, 3.05) is 36.5 Å². The summed E-state index contributed by atoms with van der Waals surface area (Å²) in [6.45, 7) is 5.01. The molecular weight excluding hydrogens is 384 g/mol. The molecule has 1 aliphatic carbocycles. The summed E-state index contributed by atoms with van der Waals surface area (Å²) >= 11 is 0. The standard InChI is InChI=1S/C20H26N8O2/c1-14-6-7-21-19(24-14)25-15-2-4-16(5-3-15)30-20-26-18(27-8-10-29-11-9-27)12-17-22-13-23-28(17)20/h6-7,12-13,15-16H,2-5,8-11H2,1H3,(H,21,24,25). The molecule has 1 saturated carbocycles.